The van der Waals surface area contributed by atoms with Crippen molar-refractivity contribution in [3.05, 3.63) is 30.1 Å². The van der Waals surface area contributed by atoms with E-state index in [0.29, 0.717) is 19.1 Å². The molecule has 3 fully saturated rings. The van der Waals surface area contributed by atoms with Crippen molar-refractivity contribution < 1.29 is 14.4 Å². The summed E-state index contributed by atoms with van der Waals surface area (Å²) in [5, 5.41) is 1.50. The van der Waals surface area contributed by atoms with Gasteiger partial charge in [0.1, 0.15) is 6.10 Å². The number of hydroxylamine groups is 2. The van der Waals surface area contributed by atoms with Crippen molar-refractivity contribution >= 4 is 5.91 Å². The largest absolute Gasteiger partial charge is 0.363 e. The van der Waals surface area contributed by atoms with Crippen molar-refractivity contribution in [2.75, 3.05) is 26.2 Å². The highest BCUT2D eigenvalue weighted by atomic mass is 16.7. The Morgan fingerprint density at radius 1 is 1.30 bits per heavy atom. The van der Waals surface area contributed by atoms with Gasteiger partial charge in [-0.05, 0) is 49.4 Å². The fraction of sp³-hybridized carbons (Fsp3) is 0.647. The Morgan fingerprint density at radius 2 is 2.17 bits per heavy atom. The predicted octanol–water partition coefficient (Wildman–Crippen LogP) is 1.22. The molecule has 0 aliphatic carbocycles. The number of piperidine rings is 1. The van der Waals surface area contributed by atoms with E-state index in [1.54, 1.807) is 0 Å². The average Bonchev–Trinajstić information content (AvgIpc) is 3.24. The van der Waals surface area contributed by atoms with Crippen LogP contribution >= 0.6 is 0 Å². The summed E-state index contributed by atoms with van der Waals surface area (Å²) in [4.78, 5) is 24.3. The molecular formula is C17H23N3O3. The highest BCUT2D eigenvalue weighted by Gasteiger charge is 2.43. The van der Waals surface area contributed by atoms with E-state index < -0.39 is 0 Å². The standard InChI is InChI=1S/C17H23N3O3/c21-17(20-7-1-9-22-20)15-10-14-4-8-19(12-16(14)23-15)11-13-2-5-18-6-3-13/h2-3,5-6,14-16H,1,4,7-12H2/t14-,15+,16+/m1/s1. The van der Waals surface area contributed by atoms with E-state index in [2.05, 4.69) is 22.0 Å². The average molecular weight is 317 g/mol. The van der Waals surface area contributed by atoms with Gasteiger partial charge < -0.3 is 4.74 Å². The molecule has 0 N–H and O–H groups in total. The molecule has 124 valence electrons. The molecule has 0 spiro atoms. The molecule has 1 aromatic heterocycles. The van der Waals surface area contributed by atoms with Crippen LogP contribution in [0.2, 0.25) is 0 Å². The zero-order valence-corrected chi connectivity index (χ0v) is 13.3. The molecule has 3 aliphatic rings. The first-order valence-electron chi connectivity index (χ1n) is 8.50. The van der Waals surface area contributed by atoms with Gasteiger partial charge in [0.2, 0.25) is 0 Å². The van der Waals surface area contributed by atoms with Gasteiger partial charge >= 0.3 is 0 Å². The third-order valence-corrected chi connectivity index (χ3v) is 5.07. The predicted molar refractivity (Wildman–Crippen MR) is 83.2 cm³/mol. The van der Waals surface area contributed by atoms with Gasteiger partial charge in [0.15, 0.2) is 0 Å². The molecular weight excluding hydrogens is 294 g/mol. The van der Waals surface area contributed by atoms with Crippen molar-refractivity contribution in [2.45, 2.75) is 38.0 Å². The molecule has 0 radical (unpaired) electrons. The van der Waals surface area contributed by atoms with Crippen LogP contribution in [0.5, 0.6) is 0 Å². The molecule has 3 saturated heterocycles. The molecule has 6 nitrogen and oxygen atoms in total. The third-order valence-electron chi connectivity index (χ3n) is 5.07. The zero-order valence-electron chi connectivity index (χ0n) is 13.3. The van der Waals surface area contributed by atoms with Gasteiger partial charge in [-0.3, -0.25) is 19.5 Å². The highest BCUT2D eigenvalue weighted by Crippen LogP contribution is 2.34. The van der Waals surface area contributed by atoms with Gasteiger partial charge in [0.05, 0.1) is 19.3 Å². The van der Waals surface area contributed by atoms with Crippen LogP contribution in [0.25, 0.3) is 0 Å². The molecule has 0 aromatic carbocycles. The maximum absolute atomic E-state index is 12.4. The normalized spacial score (nSPS) is 31.3. The Balaban J connectivity index is 1.34. The van der Waals surface area contributed by atoms with Crippen molar-refractivity contribution in [2.24, 2.45) is 5.92 Å². The van der Waals surface area contributed by atoms with E-state index in [-0.39, 0.29) is 18.1 Å². The second-order valence-electron chi connectivity index (χ2n) is 6.67. The fourth-order valence-electron chi connectivity index (χ4n) is 3.83. The summed E-state index contributed by atoms with van der Waals surface area (Å²) in [6.45, 7) is 4.22. The van der Waals surface area contributed by atoms with Crippen LogP contribution in [-0.4, -0.2) is 59.3 Å². The molecule has 3 aliphatic heterocycles. The van der Waals surface area contributed by atoms with Crippen molar-refractivity contribution in [1.29, 1.82) is 0 Å². The topological polar surface area (TPSA) is 54.9 Å². The second kappa shape index (κ2) is 6.55. The van der Waals surface area contributed by atoms with Gasteiger partial charge in [-0.2, -0.15) is 0 Å². The molecule has 23 heavy (non-hydrogen) atoms. The van der Waals surface area contributed by atoms with Gasteiger partial charge in [-0.25, -0.2) is 5.06 Å². The van der Waals surface area contributed by atoms with Crippen LogP contribution < -0.4 is 0 Å². The van der Waals surface area contributed by atoms with Crippen molar-refractivity contribution in [1.82, 2.24) is 14.9 Å². The van der Waals surface area contributed by atoms with E-state index in [0.717, 1.165) is 38.9 Å². The molecule has 4 heterocycles. The van der Waals surface area contributed by atoms with Crippen molar-refractivity contribution in [3.63, 3.8) is 0 Å². The Bertz CT molecular complexity index is 547. The Labute approximate surface area is 136 Å². The van der Waals surface area contributed by atoms with E-state index in [1.807, 2.05) is 12.4 Å². The lowest BCUT2D eigenvalue weighted by atomic mass is 9.91. The van der Waals surface area contributed by atoms with E-state index in [1.165, 1.54) is 10.6 Å². The summed E-state index contributed by atoms with van der Waals surface area (Å²) in [5.41, 5.74) is 1.27. The second-order valence-corrected chi connectivity index (χ2v) is 6.67. The highest BCUT2D eigenvalue weighted by molar-refractivity contribution is 5.80. The number of amides is 1. The lowest BCUT2D eigenvalue weighted by molar-refractivity contribution is -0.180. The number of likely N-dealkylation sites (tertiary alicyclic amines) is 1. The first-order chi connectivity index (χ1) is 11.3. The quantitative estimate of drug-likeness (QED) is 0.839. The number of aromatic nitrogens is 1. The number of hydrogen-bond donors (Lipinski definition) is 0. The lowest BCUT2D eigenvalue weighted by Crippen LogP contribution is -2.42. The summed E-state index contributed by atoms with van der Waals surface area (Å²) in [5.74, 6) is 0.512. The first kappa shape index (κ1) is 15.1. The molecule has 1 aromatic rings. The number of fused-ring (bicyclic) bond motifs is 1. The van der Waals surface area contributed by atoms with Gasteiger partial charge in [-0.1, -0.05) is 0 Å². The number of carbonyl (C=O) groups is 1. The summed E-state index contributed by atoms with van der Waals surface area (Å²) >= 11 is 0. The minimum absolute atomic E-state index is 0.0117. The maximum atomic E-state index is 12.4. The summed E-state index contributed by atoms with van der Waals surface area (Å²) in [7, 11) is 0. The Hall–Kier alpha value is -1.50. The number of hydrogen-bond acceptors (Lipinski definition) is 5. The number of pyridine rings is 1. The lowest BCUT2D eigenvalue weighted by Gasteiger charge is -2.34. The molecule has 0 saturated carbocycles. The maximum Gasteiger partial charge on any atom is 0.275 e. The molecule has 0 unspecified atom stereocenters. The number of carbonyl (C=O) groups excluding carboxylic acids is 1. The van der Waals surface area contributed by atoms with Gasteiger partial charge in [-0.15, -0.1) is 0 Å². The van der Waals surface area contributed by atoms with Gasteiger partial charge in [0, 0.05) is 25.5 Å². The van der Waals surface area contributed by atoms with Crippen LogP contribution in [0.4, 0.5) is 0 Å². The first-order valence-corrected chi connectivity index (χ1v) is 8.50. The van der Waals surface area contributed by atoms with Crippen LogP contribution in [0.15, 0.2) is 24.5 Å². The smallest absolute Gasteiger partial charge is 0.275 e. The number of ether oxygens (including phenoxy) is 1. The molecule has 0 bridgehead atoms. The number of nitrogens with zero attached hydrogens (tertiary/aromatic N) is 3. The Morgan fingerprint density at radius 3 is 2.96 bits per heavy atom. The number of rotatable bonds is 3. The SMILES string of the molecule is O=C([C@@H]1C[C@H]2CCN(Cc3ccncc3)C[C@@H]2O1)N1CCCO1. The molecule has 1 amide bonds. The van der Waals surface area contributed by atoms with E-state index in [9.17, 15) is 4.79 Å². The minimum atomic E-state index is -0.316. The summed E-state index contributed by atoms with van der Waals surface area (Å²) in [6.07, 6.45) is 6.38. The minimum Gasteiger partial charge on any atom is -0.363 e. The van der Waals surface area contributed by atoms with Crippen LogP contribution in [0.1, 0.15) is 24.8 Å². The fourth-order valence-corrected chi connectivity index (χ4v) is 3.83. The van der Waals surface area contributed by atoms with E-state index in [4.69, 9.17) is 9.57 Å². The summed E-state index contributed by atoms with van der Waals surface area (Å²) in [6, 6.07) is 4.11. The molecule has 3 atom stereocenters. The van der Waals surface area contributed by atoms with E-state index >= 15 is 0 Å². The van der Waals surface area contributed by atoms with Crippen LogP contribution in [0.3, 0.4) is 0 Å². The molecule has 6 heteroatoms. The molecule has 4 rings (SSSR count). The zero-order chi connectivity index (χ0) is 15.6. The third kappa shape index (κ3) is 3.24. The van der Waals surface area contributed by atoms with Crippen LogP contribution in [-0.2, 0) is 20.9 Å². The van der Waals surface area contributed by atoms with Crippen molar-refractivity contribution in [3.8, 4) is 0 Å². The van der Waals surface area contributed by atoms with Gasteiger partial charge in [0.25, 0.3) is 5.91 Å². The van der Waals surface area contributed by atoms with Crippen LogP contribution in [0, 0.1) is 5.92 Å². The Kier molecular flexibility index (Phi) is 4.29. The summed E-state index contributed by atoms with van der Waals surface area (Å²) < 4.78 is 6.08. The monoisotopic (exact) mass is 317 g/mol.